The van der Waals surface area contributed by atoms with Gasteiger partial charge in [-0.3, -0.25) is 4.79 Å². The third-order valence-electron chi connectivity index (χ3n) is 3.03. The van der Waals surface area contributed by atoms with Crippen LogP contribution in [0.25, 0.3) is 22.4 Å². The number of hydrogen-bond donors (Lipinski definition) is 1. The van der Waals surface area contributed by atoms with Gasteiger partial charge in [-0.15, -0.1) is 11.3 Å². The highest BCUT2D eigenvalue weighted by Crippen LogP contribution is 2.25. The van der Waals surface area contributed by atoms with Gasteiger partial charge < -0.3 is 4.98 Å². The standard InChI is InChI=1S/C14H12N2OS2/c1-8-9(2)19-14-12(8)13(17)15-11(16-14)4-3-10-5-6-18-7-10/h3-7H,1-2H3,(H,15,16,17). The van der Waals surface area contributed by atoms with Gasteiger partial charge in [0.25, 0.3) is 5.56 Å². The number of thiophene rings is 2. The predicted molar refractivity (Wildman–Crippen MR) is 83.0 cm³/mol. The third kappa shape index (κ3) is 2.27. The highest BCUT2D eigenvalue weighted by Gasteiger charge is 2.10. The molecule has 0 bridgehead atoms. The molecule has 0 atom stereocenters. The topological polar surface area (TPSA) is 45.8 Å². The summed E-state index contributed by atoms with van der Waals surface area (Å²) in [5, 5.41) is 4.78. The van der Waals surface area contributed by atoms with Crippen LogP contribution in [0.3, 0.4) is 0 Å². The van der Waals surface area contributed by atoms with Crippen LogP contribution < -0.4 is 5.56 Å². The Labute approximate surface area is 118 Å². The summed E-state index contributed by atoms with van der Waals surface area (Å²) in [5.41, 5.74) is 2.09. The Bertz CT molecular complexity index is 810. The largest absolute Gasteiger partial charge is 0.306 e. The molecule has 19 heavy (non-hydrogen) atoms. The maximum absolute atomic E-state index is 12.1. The van der Waals surface area contributed by atoms with Gasteiger partial charge in [-0.2, -0.15) is 11.3 Å². The van der Waals surface area contributed by atoms with Gasteiger partial charge >= 0.3 is 0 Å². The Hall–Kier alpha value is -1.72. The maximum Gasteiger partial charge on any atom is 0.260 e. The van der Waals surface area contributed by atoms with Gasteiger partial charge in [-0.25, -0.2) is 4.98 Å². The minimum atomic E-state index is -0.0585. The molecule has 3 aromatic heterocycles. The molecular weight excluding hydrogens is 276 g/mol. The van der Waals surface area contributed by atoms with Gasteiger partial charge in [0, 0.05) is 4.88 Å². The molecule has 0 spiro atoms. The van der Waals surface area contributed by atoms with Crippen molar-refractivity contribution >= 4 is 45.0 Å². The van der Waals surface area contributed by atoms with E-state index in [0.29, 0.717) is 5.82 Å². The van der Waals surface area contributed by atoms with Crippen molar-refractivity contribution in [3.63, 3.8) is 0 Å². The zero-order valence-electron chi connectivity index (χ0n) is 10.6. The first kappa shape index (κ1) is 12.3. The van der Waals surface area contributed by atoms with Crippen LogP contribution in [0.1, 0.15) is 21.8 Å². The van der Waals surface area contributed by atoms with Crippen molar-refractivity contribution < 1.29 is 0 Å². The second-order valence-electron chi connectivity index (χ2n) is 4.30. The molecule has 0 radical (unpaired) electrons. The fraction of sp³-hybridized carbons (Fsp3) is 0.143. The molecule has 0 aliphatic heterocycles. The summed E-state index contributed by atoms with van der Waals surface area (Å²) in [5.74, 6) is 0.602. The summed E-state index contributed by atoms with van der Waals surface area (Å²) < 4.78 is 0. The Morgan fingerprint density at radius 2 is 2.16 bits per heavy atom. The molecule has 0 aliphatic carbocycles. The van der Waals surface area contributed by atoms with Crippen LogP contribution in [0.15, 0.2) is 21.6 Å². The van der Waals surface area contributed by atoms with E-state index in [4.69, 9.17) is 0 Å². The third-order valence-corrected chi connectivity index (χ3v) is 4.84. The first-order valence-electron chi connectivity index (χ1n) is 5.85. The van der Waals surface area contributed by atoms with Crippen molar-refractivity contribution in [3.8, 4) is 0 Å². The molecule has 0 fully saturated rings. The van der Waals surface area contributed by atoms with Crippen LogP contribution in [0.4, 0.5) is 0 Å². The minimum Gasteiger partial charge on any atom is -0.306 e. The molecular formula is C14H12N2OS2. The Kier molecular flexibility index (Phi) is 3.08. The van der Waals surface area contributed by atoms with Gasteiger partial charge in [-0.05, 0) is 47.9 Å². The van der Waals surface area contributed by atoms with Crippen molar-refractivity contribution in [3.05, 3.63) is 49.0 Å². The lowest BCUT2D eigenvalue weighted by Gasteiger charge is -1.94. The van der Waals surface area contributed by atoms with E-state index >= 15 is 0 Å². The second kappa shape index (κ2) is 4.75. The van der Waals surface area contributed by atoms with Gasteiger partial charge in [-0.1, -0.05) is 6.08 Å². The lowest BCUT2D eigenvalue weighted by molar-refractivity contribution is 1.15. The fourth-order valence-corrected chi connectivity index (χ4v) is 3.56. The van der Waals surface area contributed by atoms with Crippen LogP contribution in [0.2, 0.25) is 0 Å². The van der Waals surface area contributed by atoms with Gasteiger partial charge in [0.05, 0.1) is 5.39 Å². The minimum absolute atomic E-state index is 0.0585. The summed E-state index contributed by atoms with van der Waals surface area (Å²) in [4.78, 5) is 21.3. The molecule has 3 rings (SSSR count). The Morgan fingerprint density at radius 1 is 1.32 bits per heavy atom. The van der Waals surface area contributed by atoms with Crippen molar-refractivity contribution in [1.29, 1.82) is 0 Å². The van der Waals surface area contributed by atoms with E-state index in [1.807, 2.05) is 42.8 Å². The molecule has 1 N–H and O–H groups in total. The Balaban J connectivity index is 2.09. The zero-order valence-corrected chi connectivity index (χ0v) is 12.2. The number of aromatic nitrogens is 2. The maximum atomic E-state index is 12.1. The highest BCUT2D eigenvalue weighted by molar-refractivity contribution is 7.18. The molecule has 0 aromatic carbocycles. The van der Waals surface area contributed by atoms with Crippen LogP contribution in [0.5, 0.6) is 0 Å². The van der Waals surface area contributed by atoms with Crippen molar-refractivity contribution in [2.24, 2.45) is 0 Å². The smallest absolute Gasteiger partial charge is 0.260 e. The number of nitrogens with one attached hydrogen (secondary N) is 1. The molecule has 3 heterocycles. The summed E-state index contributed by atoms with van der Waals surface area (Å²) in [6, 6.07) is 2.03. The molecule has 0 amide bonds. The number of rotatable bonds is 2. The predicted octanol–water partition coefficient (Wildman–Crippen LogP) is 3.83. The first-order valence-corrected chi connectivity index (χ1v) is 7.61. The number of H-pyrrole nitrogens is 1. The number of aryl methyl sites for hydroxylation is 2. The monoisotopic (exact) mass is 288 g/mol. The molecule has 0 aliphatic rings. The average Bonchev–Trinajstić information content (AvgIpc) is 2.96. The SMILES string of the molecule is Cc1sc2nc(C=Cc3ccsc3)[nH]c(=O)c2c1C. The van der Waals surface area contributed by atoms with Crippen LogP contribution in [-0.2, 0) is 0 Å². The lowest BCUT2D eigenvalue weighted by atomic mass is 10.2. The quantitative estimate of drug-likeness (QED) is 0.779. The van der Waals surface area contributed by atoms with E-state index in [2.05, 4.69) is 9.97 Å². The van der Waals surface area contributed by atoms with Gasteiger partial charge in [0.1, 0.15) is 10.7 Å². The van der Waals surface area contributed by atoms with Crippen molar-refractivity contribution in [1.82, 2.24) is 9.97 Å². The summed E-state index contributed by atoms with van der Waals surface area (Å²) in [7, 11) is 0. The van der Waals surface area contributed by atoms with Crippen LogP contribution in [-0.4, -0.2) is 9.97 Å². The summed E-state index contributed by atoms with van der Waals surface area (Å²) in [6.07, 6.45) is 3.79. The molecule has 3 nitrogen and oxygen atoms in total. The number of hydrogen-bond acceptors (Lipinski definition) is 4. The summed E-state index contributed by atoms with van der Waals surface area (Å²) in [6.45, 7) is 3.98. The lowest BCUT2D eigenvalue weighted by Crippen LogP contribution is -2.09. The van der Waals surface area contributed by atoms with E-state index in [1.54, 1.807) is 22.7 Å². The number of fused-ring (bicyclic) bond motifs is 1. The van der Waals surface area contributed by atoms with Crippen LogP contribution in [0, 0.1) is 13.8 Å². The van der Waals surface area contributed by atoms with E-state index in [9.17, 15) is 4.79 Å². The van der Waals surface area contributed by atoms with Gasteiger partial charge in [0.2, 0.25) is 0 Å². The second-order valence-corrected chi connectivity index (χ2v) is 6.29. The van der Waals surface area contributed by atoms with E-state index in [-0.39, 0.29) is 5.56 Å². The van der Waals surface area contributed by atoms with Gasteiger partial charge in [0.15, 0.2) is 0 Å². The molecule has 0 saturated carbocycles. The molecule has 0 saturated heterocycles. The fourth-order valence-electron chi connectivity index (χ4n) is 1.90. The zero-order chi connectivity index (χ0) is 13.4. The van der Waals surface area contributed by atoms with Crippen LogP contribution >= 0.6 is 22.7 Å². The molecule has 0 unspecified atom stereocenters. The van der Waals surface area contributed by atoms with E-state index in [1.165, 1.54) is 0 Å². The average molecular weight is 288 g/mol. The van der Waals surface area contributed by atoms with E-state index < -0.39 is 0 Å². The molecule has 5 heteroatoms. The first-order chi connectivity index (χ1) is 9.15. The molecule has 96 valence electrons. The Morgan fingerprint density at radius 3 is 2.89 bits per heavy atom. The molecule has 3 aromatic rings. The van der Waals surface area contributed by atoms with Crippen molar-refractivity contribution in [2.75, 3.05) is 0 Å². The number of aromatic amines is 1. The number of nitrogens with zero attached hydrogens (tertiary/aromatic N) is 1. The highest BCUT2D eigenvalue weighted by atomic mass is 32.1. The van der Waals surface area contributed by atoms with E-state index in [0.717, 1.165) is 26.2 Å². The normalized spacial score (nSPS) is 11.7. The summed E-state index contributed by atoms with van der Waals surface area (Å²) >= 11 is 3.21. The van der Waals surface area contributed by atoms with Crippen molar-refractivity contribution in [2.45, 2.75) is 13.8 Å².